The summed E-state index contributed by atoms with van der Waals surface area (Å²) in [7, 11) is 0. The fraction of sp³-hybridized carbons (Fsp3) is 0.357. The third kappa shape index (κ3) is 6.19. The minimum Gasteiger partial charge on any atom is -0.472 e. The standard InChI is InChI=1S/C28H31N5O4S/c1-17-8-5-6-11-22(17)23-14-24-31-26(30-23)32-38-21-10-7-9-19(13-21)29-25(34)18-12-20(36-24)16-33(15-18)27(35)37-28(2,3)4/h5-11,13-14,18,20H,12,15-16H2,1-4H3,(H,29,34)(H,30,31,32). The van der Waals surface area contributed by atoms with E-state index >= 15 is 0 Å². The summed E-state index contributed by atoms with van der Waals surface area (Å²) in [4.78, 5) is 38.1. The first-order valence-corrected chi connectivity index (χ1v) is 13.4. The van der Waals surface area contributed by atoms with Crippen molar-refractivity contribution in [2.75, 3.05) is 23.1 Å². The Morgan fingerprint density at radius 2 is 1.92 bits per heavy atom. The van der Waals surface area contributed by atoms with Gasteiger partial charge in [0.2, 0.25) is 17.7 Å². The van der Waals surface area contributed by atoms with Crippen LogP contribution in [0.3, 0.4) is 0 Å². The van der Waals surface area contributed by atoms with E-state index in [4.69, 9.17) is 14.5 Å². The molecule has 2 atom stereocenters. The van der Waals surface area contributed by atoms with Crippen molar-refractivity contribution >= 4 is 35.6 Å². The molecule has 2 amide bonds. The van der Waals surface area contributed by atoms with Crippen LogP contribution in [0, 0.1) is 12.8 Å². The number of ether oxygens (including phenoxy) is 2. The van der Waals surface area contributed by atoms with Crippen LogP contribution >= 0.6 is 11.9 Å². The van der Waals surface area contributed by atoms with Crippen molar-refractivity contribution in [3.63, 3.8) is 0 Å². The Kier molecular flexibility index (Phi) is 7.16. The number of amides is 2. The number of hydrogen-bond donors (Lipinski definition) is 2. The molecule has 6 bridgehead atoms. The molecule has 0 aliphatic carbocycles. The van der Waals surface area contributed by atoms with Gasteiger partial charge in [0.1, 0.15) is 11.7 Å². The SMILES string of the molecule is Cc1ccccc1-c1cc2nc(n1)NSc1cccc(c1)NC(=O)C1CC(CN(C(=O)OC(C)(C)C)C1)O2. The third-order valence-corrected chi connectivity index (χ3v) is 6.98. The highest BCUT2D eigenvalue weighted by Crippen LogP contribution is 2.31. The van der Waals surface area contributed by atoms with E-state index in [9.17, 15) is 9.59 Å². The van der Waals surface area contributed by atoms with Gasteiger partial charge in [0.25, 0.3) is 0 Å². The largest absolute Gasteiger partial charge is 0.472 e. The topological polar surface area (TPSA) is 106 Å². The summed E-state index contributed by atoms with van der Waals surface area (Å²) in [6.45, 7) is 7.99. The number of anilines is 2. The first kappa shape index (κ1) is 25.8. The summed E-state index contributed by atoms with van der Waals surface area (Å²) in [5.41, 5.74) is 2.76. The second-order valence-corrected chi connectivity index (χ2v) is 11.4. The van der Waals surface area contributed by atoms with E-state index in [0.29, 0.717) is 29.6 Å². The van der Waals surface area contributed by atoms with Crippen molar-refractivity contribution < 1.29 is 19.1 Å². The monoisotopic (exact) mass is 533 g/mol. The van der Waals surface area contributed by atoms with E-state index in [0.717, 1.165) is 16.0 Å². The Morgan fingerprint density at radius 3 is 2.71 bits per heavy atom. The molecule has 1 aromatic heterocycles. The van der Waals surface area contributed by atoms with Crippen LogP contribution in [0.1, 0.15) is 32.8 Å². The lowest BCUT2D eigenvalue weighted by Crippen LogP contribution is -2.52. The van der Waals surface area contributed by atoms with Crippen molar-refractivity contribution in [2.24, 2.45) is 5.92 Å². The molecule has 3 aromatic rings. The van der Waals surface area contributed by atoms with Crippen molar-refractivity contribution in [2.45, 2.75) is 50.7 Å². The van der Waals surface area contributed by atoms with Gasteiger partial charge < -0.3 is 19.7 Å². The van der Waals surface area contributed by atoms with E-state index in [2.05, 4.69) is 15.0 Å². The number of hydrogen-bond acceptors (Lipinski definition) is 8. The molecule has 2 aliphatic rings. The van der Waals surface area contributed by atoms with Gasteiger partial charge in [-0.15, -0.1) is 0 Å². The Morgan fingerprint density at radius 1 is 1.11 bits per heavy atom. The smallest absolute Gasteiger partial charge is 0.410 e. The van der Waals surface area contributed by atoms with E-state index in [-0.39, 0.29) is 19.0 Å². The van der Waals surface area contributed by atoms with Gasteiger partial charge in [0.05, 0.1) is 18.2 Å². The van der Waals surface area contributed by atoms with Gasteiger partial charge in [-0.3, -0.25) is 9.52 Å². The number of nitrogens with one attached hydrogen (secondary N) is 2. The maximum absolute atomic E-state index is 13.3. The van der Waals surface area contributed by atoms with Crippen LogP contribution in [0.5, 0.6) is 5.88 Å². The first-order chi connectivity index (χ1) is 18.1. The quantitative estimate of drug-likeness (QED) is 0.394. The summed E-state index contributed by atoms with van der Waals surface area (Å²) in [5.74, 6) is 0.0924. The molecule has 2 aromatic carbocycles. The van der Waals surface area contributed by atoms with Crippen LogP contribution in [0.4, 0.5) is 16.4 Å². The minimum atomic E-state index is -0.659. The maximum atomic E-state index is 13.3. The lowest BCUT2D eigenvalue weighted by molar-refractivity contribution is -0.122. The summed E-state index contributed by atoms with van der Waals surface area (Å²) in [6, 6.07) is 17.3. The van der Waals surface area contributed by atoms with Crippen LogP contribution in [-0.4, -0.2) is 51.7 Å². The molecule has 0 radical (unpaired) electrons. The van der Waals surface area contributed by atoms with E-state index < -0.39 is 23.7 Å². The molecular weight excluding hydrogens is 502 g/mol. The normalized spacial score (nSPS) is 19.4. The molecule has 5 rings (SSSR count). The molecular formula is C28H31N5O4S. The Labute approximate surface area is 226 Å². The minimum absolute atomic E-state index is 0.178. The van der Waals surface area contributed by atoms with Crippen LogP contribution in [0.2, 0.25) is 0 Å². The first-order valence-electron chi connectivity index (χ1n) is 12.6. The fourth-order valence-corrected chi connectivity index (χ4v) is 5.12. The molecule has 2 aliphatic heterocycles. The van der Waals surface area contributed by atoms with Crippen LogP contribution in [0.25, 0.3) is 11.3 Å². The van der Waals surface area contributed by atoms with Crippen LogP contribution < -0.4 is 14.8 Å². The molecule has 0 saturated carbocycles. The second kappa shape index (κ2) is 10.5. The number of benzene rings is 2. The van der Waals surface area contributed by atoms with Crippen LogP contribution in [-0.2, 0) is 9.53 Å². The highest BCUT2D eigenvalue weighted by molar-refractivity contribution is 8.00. The number of aromatic nitrogens is 2. The molecule has 10 heteroatoms. The number of piperidine rings is 1. The van der Waals surface area contributed by atoms with E-state index in [1.54, 1.807) is 11.0 Å². The number of fused-ring (bicyclic) bond motifs is 6. The molecule has 198 valence electrons. The lowest BCUT2D eigenvalue weighted by atomic mass is 9.95. The Balaban J connectivity index is 1.54. The zero-order valence-corrected chi connectivity index (χ0v) is 22.7. The van der Waals surface area contributed by atoms with E-state index in [1.165, 1.54) is 11.9 Å². The van der Waals surface area contributed by atoms with Gasteiger partial charge in [-0.05, 0) is 69.8 Å². The molecule has 1 fully saturated rings. The second-order valence-electron chi connectivity index (χ2n) is 10.5. The summed E-state index contributed by atoms with van der Waals surface area (Å²) >= 11 is 1.35. The van der Waals surface area contributed by atoms with Gasteiger partial charge in [-0.25, -0.2) is 9.78 Å². The van der Waals surface area contributed by atoms with Crippen molar-refractivity contribution in [3.05, 3.63) is 60.2 Å². The number of nitrogens with zero attached hydrogens (tertiary/aromatic N) is 3. The number of carbonyl (C=O) groups excluding carboxylic acids is 2. The fourth-order valence-electron chi connectivity index (χ4n) is 4.49. The third-order valence-electron chi connectivity index (χ3n) is 6.21. The summed E-state index contributed by atoms with van der Waals surface area (Å²) in [6.07, 6.45) is -0.526. The van der Waals surface area contributed by atoms with Gasteiger partial charge in [-0.1, -0.05) is 30.3 Å². The van der Waals surface area contributed by atoms with E-state index in [1.807, 2.05) is 76.2 Å². The molecule has 1 saturated heterocycles. The number of rotatable bonds is 1. The summed E-state index contributed by atoms with van der Waals surface area (Å²) in [5, 5.41) is 3.00. The number of carbonyl (C=O) groups is 2. The van der Waals surface area contributed by atoms with Crippen molar-refractivity contribution in [1.29, 1.82) is 0 Å². The molecule has 2 N–H and O–H groups in total. The predicted molar refractivity (Wildman–Crippen MR) is 147 cm³/mol. The molecule has 38 heavy (non-hydrogen) atoms. The number of aryl methyl sites for hydroxylation is 1. The molecule has 9 nitrogen and oxygen atoms in total. The zero-order valence-electron chi connectivity index (χ0n) is 21.9. The molecule has 2 unspecified atom stereocenters. The van der Waals surface area contributed by atoms with Gasteiger partial charge in [0, 0.05) is 28.8 Å². The average molecular weight is 534 g/mol. The van der Waals surface area contributed by atoms with Gasteiger partial charge in [-0.2, -0.15) is 4.98 Å². The Bertz CT molecular complexity index is 1360. The number of likely N-dealkylation sites (tertiary alicyclic amines) is 1. The maximum Gasteiger partial charge on any atom is 0.410 e. The molecule has 3 heterocycles. The lowest BCUT2D eigenvalue weighted by Gasteiger charge is -2.37. The van der Waals surface area contributed by atoms with Gasteiger partial charge >= 0.3 is 6.09 Å². The zero-order chi connectivity index (χ0) is 26.9. The highest BCUT2D eigenvalue weighted by Gasteiger charge is 2.37. The van der Waals surface area contributed by atoms with Crippen molar-refractivity contribution in [3.8, 4) is 17.1 Å². The Hall–Kier alpha value is -3.79. The molecule has 0 spiro atoms. The van der Waals surface area contributed by atoms with Gasteiger partial charge in [0.15, 0.2) is 0 Å². The van der Waals surface area contributed by atoms with Crippen LogP contribution in [0.15, 0.2) is 59.5 Å². The highest BCUT2D eigenvalue weighted by atomic mass is 32.2. The van der Waals surface area contributed by atoms with Crippen molar-refractivity contribution in [1.82, 2.24) is 14.9 Å². The average Bonchev–Trinajstić information content (AvgIpc) is 2.86. The predicted octanol–water partition coefficient (Wildman–Crippen LogP) is 5.53. The summed E-state index contributed by atoms with van der Waals surface area (Å²) < 4.78 is 15.2.